The lowest BCUT2D eigenvalue weighted by atomic mass is 9.77. The maximum Gasteiger partial charge on any atom is 0.249 e. The number of aromatic nitrogens is 3. The van der Waals surface area contributed by atoms with Crippen LogP contribution >= 0.6 is 24.0 Å². The number of nitrogens with one attached hydrogen (secondary N) is 5. The van der Waals surface area contributed by atoms with Crippen molar-refractivity contribution in [3.8, 4) is 17.2 Å². The predicted octanol–water partition coefficient (Wildman–Crippen LogP) is 5.01. The number of hydrogen-bond donors (Lipinski definition) is 5. The Morgan fingerprint density at radius 3 is 2.49 bits per heavy atom. The van der Waals surface area contributed by atoms with Gasteiger partial charge in [-0.15, -0.1) is 12.4 Å². The topological polar surface area (TPSA) is 168 Å². The number of benzene rings is 2. The molecule has 1 aliphatic heterocycles. The number of pyridine rings is 1. The zero-order valence-corrected chi connectivity index (χ0v) is 31.0. The first-order chi connectivity index (χ1) is 23.9. The molecular formula is C36H44Cl2N8O5. The lowest BCUT2D eigenvalue weighted by Gasteiger charge is -2.35. The molecule has 0 spiro atoms. The smallest absolute Gasteiger partial charge is 0.249 e. The number of ether oxygens (including phenoxy) is 2. The Morgan fingerprint density at radius 1 is 1.06 bits per heavy atom. The van der Waals surface area contributed by atoms with Crippen LogP contribution in [-0.2, 0) is 20.8 Å². The second-order valence-corrected chi connectivity index (χ2v) is 13.4. The first-order valence-corrected chi connectivity index (χ1v) is 16.8. The number of carbonyl (C=O) groups is 3. The van der Waals surface area contributed by atoms with E-state index in [1.54, 1.807) is 45.5 Å². The van der Waals surface area contributed by atoms with Crippen molar-refractivity contribution < 1.29 is 23.9 Å². The van der Waals surface area contributed by atoms with Gasteiger partial charge in [-0.1, -0.05) is 25.4 Å². The molecule has 1 aliphatic rings. The van der Waals surface area contributed by atoms with Crippen LogP contribution in [0.5, 0.6) is 17.2 Å². The molecule has 0 radical (unpaired) electrons. The number of carbonyl (C=O) groups excluding carboxylic acids is 3. The summed E-state index contributed by atoms with van der Waals surface area (Å²) in [5, 5.41) is 15.8. The fourth-order valence-electron chi connectivity index (χ4n) is 5.79. The zero-order valence-electron chi connectivity index (χ0n) is 29.4. The van der Waals surface area contributed by atoms with Gasteiger partial charge < -0.3 is 30.7 Å². The Labute approximate surface area is 308 Å². The highest BCUT2D eigenvalue weighted by molar-refractivity contribution is 6.32. The van der Waals surface area contributed by atoms with Crippen molar-refractivity contribution >= 4 is 64.1 Å². The molecule has 3 heterocycles. The Hall–Kier alpha value is -4.56. The van der Waals surface area contributed by atoms with E-state index in [-0.39, 0.29) is 24.7 Å². The minimum absolute atomic E-state index is 0. The number of likely N-dealkylation sites (N-methyl/N-ethyl adjacent to an activating group) is 1. The molecule has 3 atom stereocenters. The van der Waals surface area contributed by atoms with E-state index in [1.165, 1.54) is 6.33 Å². The summed E-state index contributed by atoms with van der Waals surface area (Å²) in [5.74, 6) is 0.738. The number of methoxy groups -OCH3 is 1. The predicted molar refractivity (Wildman–Crippen MR) is 199 cm³/mol. The monoisotopic (exact) mass is 738 g/mol. The van der Waals surface area contributed by atoms with Crippen LogP contribution in [0.4, 0.5) is 11.5 Å². The van der Waals surface area contributed by atoms with E-state index in [4.69, 9.17) is 21.1 Å². The van der Waals surface area contributed by atoms with Crippen LogP contribution in [0.15, 0.2) is 55.0 Å². The number of rotatable bonds is 13. The second-order valence-electron chi connectivity index (χ2n) is 13.0. The van der Waals surface area contributed by atoms with Gasteiger partial charge in [-0.25, -0.2) is 9.97 Å². The van der Waals surface area contributed by atoms with Gasteiger partial charge in [0.1, 0.15) is 35.4 Å². The van der Waals surface area contributed by atoms with Gasteiger partial charge in [-0.2, -0.15) is 0 Å². The van der Waals surface area contributed by atoms with Gasteiger partial charge in [-0.05, 0) is 94.1 Å². The Morgan fingerprint density at radius 2 is 1.84 bits per heavy atom. The van der Waals surface area contributed by atoms with Crippen LogP contribution < -0.4 is 36.1 Å². The van der Waals surface area contributed by atoms with Crippen LogP contribution in [0.3, 0.4) is 0 Å². The molecule has 15 heteroatoms. The fraction of sp³-hybridized carbons (Fsp3) is 0.389. The standard InChI is InChI=1S/C36H43ClN8O5.ClH/c1-20-9-11-24(18-40-20)50-29-12-10-23(15-26(29)37)43-32-25-14-22(30(49-6)16-28(25)41-19-42-32)17-36(3,4)31(44-33(46)21(2)38-5)35(48)45-34(47)27-8-7-13-39-27;/h9-12,14-16,18-19,21,27,31,38-39H,7-8,13,17H2,1-6H3,(H,44,46)(H,41,42,43)(H,45,47,48);1H/t21-,27-,31+;/m0./s1. The lowest BCUT2D eigenvalue weighted by molar-refractivity contribution is -0.137. The van der Waals surface area contributed by atoms with Crippen molar-refractivity contribution in [2.24, 2.45) is 5.41 Å². The molecule has 2 aromatic heterocycles. The van der Waals surface area contributed by atoms with E-state index < -0.39 is 35.4 Å². The van der Waals surface area contributed by atoms with Crippen LogP contribution in [0.25, 0.3) is 10.9 Å². The first kappa shape index (κ1) is 39.2. The average molecular weight is 740 g/mol. The summed E-state index contributed by atoms with van der Waals surface area (Å²) in [5.41, 5.74) is 2.02. The maximum absolute atomic E-state index is 13.7. The maximum atomic E-state index is 13.7. The highest BCUT2D eigenvalue weighted by atomic mass is 35.5. The van der Waals surface area contributed by atoms with Gasteiger partial charge >= 0.3 is 0 Å². The van der Waals surface area contributed by atoms with Crippen LogP contribution in [0.1, 0.15) is 44.9 Å². The number of halogens is 2. The van der Waals surface area contributed by atoms with Crippen molar-refractivity contribution in [2.45, 2.75) is 65.1 Å². The molecule has 272 valence electrons. The molecule has 0 saturated carbocycles. The van der Waals surface area contributed by atoms with E-state index in [0.29, 0.717) is 57.6 Å². The molecule has 51 heavy (non-hydrogen) atoms. The lowest BCUT2D eigenvalue weighted by Crippen LogP contribution is -2.59. The minimum Gasteiger partial charge on any atom is -0.496 e. The summed E-state index contributed by atoms with van der Waals surface area (Å²) in [7, 11) is 3.22. The molecule has 1 fully saturated rings. The van der Waals surface area contributed by atoms with E-state index in [0.717, 1.165) is 17.7 Å². The number of imide groups is 1. The van der Waals surface area contributed by atoms with Gasteiger partial charge in [0, 0.05) is 22.8 Å². The minimum atomic E-state index is -1.06. The molecule has 1 saturated heterocycles. The van der Waals surface area contributed by atoms with Gasteiger partial charge in [-0.3, -0.25) is 24.7 Å². The molecule has 0 bridgehead atoms. The third kappa shape index (κ3) is 9.61. The molecular weight excluding hydrogens is 695 g/mol. The zero-order chi connectivity index (χ0) is 36.0. The number of fused-ring (bicyclic) bond motifs is 1. The van der Waals surface area contributed by atoms with Crippen molar-refractivity contribution in [3.63, 3.8) is 0 Å². The number of nitrogens with zero attached hydrogens (tertiary/aromatic N) is 3. The van der Waals surface area contributed by atoms with Crippen LogP contribution in [-0.4, -0.2) is 71.5 Å². The van der Waals surface area contributed by atoms with Crippen LogP contribution in [0.2, 0.25) is 5.02 Å². The highest BCUT2D eigenvalue weighted by Crippen LogP contribution is 2.37. The van der Waals surface area contributed by atoms with E-state index in [9.17, 15) is 14.4 Å². The van der Waals surface area contributed by atoms with Crippen molar-refractivity contribution in [2.75, 3.05) is 26.0 Å². The molecule has 5 rings (SSSR count). The van der Waals surface area contributed by atoms with Crippen LogP contribution in [0, 0.1) is 12.3 Å². The van der Waals surface area contributed by atoms with E-state index in [1.807, 2.05) is 45.0 Å². The van der Waals surface area contributed by atoms with Gasteiger partial charge in [0.25, 0.3) is 0 Å². The van der Waals surface area contributed by atoms with Gasteiger partial charge in [0.05, 0.1) is 35.9 Å². The molecule has 0 unspecified atom stereocenters. The van der Waals surface area contributed by atoms with Crippen molar-refractivity contribution in [1.29, 1.82) is 0 Å². The Bertz CT molecular complexity index is 1870. The number of hydrogen-bond acceptors (Lipinski definition) is 11. The number of amides is 3. The van der Waals surface area contributed by atoms with Gasteiger partial charge in [0.2, 0.25) is 17.7 Å². The molecule has 5 N–H and O–H groups in total. The molecule has 2 aromatic carbocycles. The highest BCUT2D eigenvalue weighted by Gasteiger charge is 2.39. The van der Waals surface area contributed by atoms with Crippen molar-refractivity contribution in [1.82, 2.24) is 36.2 Å². The van der Waals surface area contributed by atoms with Gasteiger partial charge in [0.15, 0.2) is 0 Å². The normalized spacial score (nSPS) is 15.3. The molecule has 4 aromatic rings. The summed E-state index contributed by atoms with van der Waals surface area (Å²) < 4.78 is 11.7. The quantitative estimate of drug-likeness (QED) is 0.125. The van der Waals surface area contributed by atoms with E-state index in [2.05, 4.69) is 41.5 Å². The third-order valence-corrected chi connectivity index (χ3v) is 9.07. The summed E-state index contributed by atoms with van der Waals surface area (Å²) >= 11 is 6.59. The summed E-state index contributed by atoms with van der Waals surface area (Å²) in [6.07, 6.45) is 4.86. The third-order valence-electron chi connectivity index (χ3n) is 8.77. The summed E-state index contributed by atoms with van der Waals surface area (Å²) in [6.45, 7) is 8.03. The Kier molecular flexibility index (Phi) is 13.2. The fourth-order valence-corrected chi connectivity index (χ4v) is 6.01. The molecule has 3 amide bonds. The summed E-state index contributed by atoms with van der Waals surface area (Å²) in [6, 6.07) is 10.6. The summed E-state index contributed by atoms with van der Waals surface area (Å²) in [4.78, 5) is 52.9. The number of anilines is 2. The average Bonchev–Trinajstić information content (AvgIpc) is 3.64. The van der Waals surface area contributed by atoms with Crippen molar-refractivity contribution in [3.05, 3.63) is 71.3 Å². The van der Waals surface area contributed by atoms with E-state index >= 15 is 0 Å². The largest absolute Gasteiger partial charge is 0.496 e. The SMILES string of the molecule is CN[C@@H](C)C(=O)N[C@H](C(=O)NC(=O)[C@@H]1CCCN1)C(C)(C)Cc1cc2c(Nc3ccc(Oc4ccc(C)nc4)c(Cl)c3)ncnc2cc1OC.Cl. The molecule has 13 nitrogen and oxygen atoms in total. The number of aryl methyl sites for hydroxylation is 1. The Balaban J connectivity index is 0.00000583. The molecule has 0 aliphatic carbocycles. The second kappa shape index (κ2) is 17.1. The first-order valence-electron chi connectivity index (χ1n) is 16.4.